The largest absolute Gasteiger partial charge is 0.481 e. The predicted octanol–water partition coefficient (Wildman–Crippen LogP) is 0.511. The van der Waals surface area contributed by atoms with E-state index in [1.54, 1.807) is 0 Å². The second kappa shape index (κ2) is 4.30. The molecule has 1 atom stereocenters. The Labute approximate surface area is 83.1 Å². The van der Waals surface area contributed by atoms with Crippen LogP contribution in [0.2, 0.25) is 0 Å². The smallest absolute Gasteiger partial charge is 0.317 e. The fourth-order valence-corrected chi connectivity index (χ4v) is 1.20. The zero-order valence-electron chi connectivity index (χ0n) is 8.49. The summed E-state index contributed by atoms with van der Waals surface area (Å²) in [6.45, 7) is 4.57. The Hall–Kier alpha value is -1.26. The van der Waals surface area contributed by atoms with E-state index in [2.05, 4.69) is 5.32 Å². The summed E-state index contributed by atoms with van der Waals surface area (Å²) < 4.78 is 0. The molecule has 1 saturated heterocycles. The van der Waals surface area contributed by atoms with Crippen molar-refractivity contribution in [3.05, 3.63) is 0 Å². The van der Waals surface area contributed by atoms with Crippen LogP contribution in [0.4, 0.5) is 4.79 Å². The van der Waals surface area contributed by atoms with Gasteiger partial charge in [-0.05, 0) is 13.3 Å². The van der Waals surface area contributed by atoms with Gasteiger partial charge < -0.3 is 15.3 Å². The van der Waals surface area contributed by atoms with Crippen LogP contribution in [0.3, 0.4) is 0 Å². The van der Waals surface area contributed by atoms with Gasteiger partial charge in [-0.25, -0.2) is 4.79 Å². The molecule has 0 aromatic rings. The van der Waals surface area contributed by atoms with Crippen molar-refractivity contribution in [1.29, 1.82) is 0 Å². The number of likely N-dealkylation sites (tertiary alicyclic amines) is 1. The summed E-state index contributed by atoms with van der Waals surface area (Å²) in [4.78, 5) is 23.4. The molecule has 0 unspecified atom stereocenters. The summed E-state index contributed by atoms with van der Waals surface area (Å²) in [6, 6.07) is -0.0109. The van der Waals surface area contributed by atoms with E-state index in [-0.39, 0.29) is 18.0 Å². The number of hydrogen-bond donors (Lipinski definition) is 2. The van der Waals surface area contributed by atoms with E-state index in [0.717, 1.165) is 6.42 Å². The number of amides is 2. The van der Waals surface area contributed by atoms with Gasteiger partial charge in [-0.1, -0.05) is 6.92 Å². The number of carbonyl (C=O) groups excluding carboxylic acids is 1. The van der Waals surface area contributed by atoms with Crippen molar-refractivity contribution < 1.29 is 14.7 Å². The summed E-state index contributed by atoms with van der Waals surface area (Å²) in [5.41, 5.74) is 0. The van der Waals surface area contributed by atoms with Gasteiger partial charge in [0.1, 0.15) is 0 Å². The number of urea groups is 1. The van der Waals surface area contributed by atoms with Crippen LogP contribution in [0.5, 0.6) is 0 Å². The minimum atomic E-state index is -0.822. The number of nitrogens with one attached hydrogen (secondary N) is 1. The highest BCUT2D eigenvalue weighted by molar-refractivity contribution is 5.79. The molecule has 1 aliphatic heterocycles. The van der Waals surface area contributed by atoms with E-state index in [9.17, 15) is 9.59 Å². The predicted molar refractivity (Wildman–Crippen MR) is 51.0 cm³/mol. The summed E-state index contributed by atoms with van der Waals surface area (Å²) in [6.07, 6.45) is 0.877. The first-order valence-electron chi connectivity index (χ1n) is 4.82. The fraction of sp³-hybridized carbons (Fsp3) is 0.778. The quantitative estimate of drug-likeness (QED) is 0.697. The SMILES string of the molecule is CC[C@@H](C)NC(=O)N1CC(C(=O)O)C1. The molecule has 0 bridgehead atoms. The first-order chi connectivity index (χ1) is 6.54. The maximum atomic E-state index is 11.4. The highest BCUT2D eigenvalue weighted by Crippen LogP contribution is 2.15. The Balaban J connectivity index is 2.26. The van der Waals surface area contributed by atoms with Crippen molar-refractivity contribution in [2.24, 2.45) is 5.92 Å². The average Bonchev–Trinajstić information content (AvgIpc) is 2.00. The molecule has 1 heterocycles. The third-order valence-electron chi connectivity index (χ3n) is 2.50. The molecule has 1 fully saturated rings. The molecule has 0 saturated carbocycles. The molecule has 1 aliphatic rings. The molecule has 2 N–H and O–H groups in total. The van der Waals surface area contributed by atoms with Gasteiger partial charge in [-0.2, -0.15) is 0 Å². The summed E-state index contributed by atoms with van der Waals surface area (Å²) >= 11 is 0. The molecule has 0 aromatic carbocycles. The van der Waals surface area contributed by atoms with Crippen LogP contribution >= 0.6 is 0 Å². The van der Waals surface area contributed by atoms with Crippen molar-refractivity contribution in [2.75, 3.05) is 13.1 Å². The maximum Gasteiger partial charge on any atom is 0.317 e. The van der Waals surface area contributed by atoms with Crippen LogP contribution in [-0.4, -0.2) is 41.1 Å². The first kappa shape index (κ1) is 10.8. The Kier molecular flexibility index (Phi) is 3.33. The van der Waals surface area contributed by atoms with Gasteiger partial charge in [-0.15, -0.1) is 0 Å². The van der Waals surface area contributed by atoms with Crippen molar-refractivity contribution in [3.63, 3.8) is 0 Å². The monoisotopic (exact) mass is 200 g/mol. The highest BCUT2D eigenvalue weighted by Gasteiger charge is 2.35. The van der Waals surface area contributed by atoms with Gasteiger partial charge in [0.15, 0.2) is 0 Å². The Morgan fingerprint density at radius 2 is 2.14 bits per heavy atom. The van der Waals surface area contributed by atoms with Crippen LogP contribution in [-0.2, 0) is 4.79 Å². The van der Waals surface area contributed by atoms with Crippen molar-refractivity contribution >= 4 is 12.0 Å². The Bertz CT molecular complexity index is 236. The number of carboxylic acids is 1. The van der Waals surface area contributed by atoms with E-state index < -0.39 is 5.97 Å². The molecule has 0 aliphatic carbocycles. The Morgan fingerprint density at radius 1 is 1.57 bits per heavy atom. The van der Waals surface area contributed by atoms with E-state index >= 15 is 0 Å². The number of hydrogen-bond acceptors (Lipinski definition) is 2. The minimum Gasteiger partial charge on any atom is -0.481 e. The van der Waals surface area contributed by atoms with E-state index in [0.29, 0.717) is 13.1 Å². The van der Waals surface area contributed by atoms with Gasteiger partial charge in [0.25, 0.3) is 0 Å². The molecule has 14 heavy (non-hydrogen) atoms. The average molecular weight is 200 g/mol. The van der Waals surface area contributed by atoms with Crippen LogP contribution in [0.25, 0.3) is 0 Å². The molecule has 0 radical (unpaired) electrons. The van der Waals surface area contributed by atoms with Gasteiger partial charge in [0.05, 0.1) is 5.92 Å². The minimum absolute atomic E-state index is 0.145. The lowest BCUT2D eigenvalue weighted by Gasteiger charge is -2.37. The molecular formula is C9H16N2O3. The number of carbonyl (C=O) groups is 2. The second-order valence-electron chi connectivity index (χ2n) is 3.70. The van der Waals surface area contributed by atoms with E-state index in [1.165, 1.54) is 4.90 Å². The normalized spacial score (nSPS) is 18.6. The lowest BCUT2D eigenvalue weighted by atomic mass is 10.0. The van der Waals surface area contributed by atoms with E-state index in [1.807, 2.05) is 13.8 Å². The maximum absolute atomic E-state index is 11.4. The molecule has 5 nitrogen and oxygen atoms in total. The van der Waals surface area contributed by atoms with E-state index in [4.69, 9.17) is 5.11 Å². The number of rotatable bonds is 3. The third-order valence-corrected chi connectivity index (χ3v) is 2.50. The van der Waals surface area contributed by atoms with Crippen molar-refractivity contribution in [3.8, 4) is 0 Å². The molecule has 0 aromatic heterocycles. The molecule has 1 rings (SSSR count). The number of carboxylic acid groups (broad SMARTS) is 1. The lowest BCUT2D eigenvalue weighted by Crippen LogP contribution is -2.57. The summed E-state index contributed by atoms with van der Waals surface area (Å²) in [7, 11) is 0. The Morgan fingerprint density at radius 3 is 2.57 bits per heavy atom. The fourth-order valence-electron chi connectivity index (χ4n) is 1.20. The van der Waals surface area contributed by atoms with Gasteiger partial charge in [0.2, 0.25) is 0 Å². The first-order valence-corrected chi connectivity index (χ1v) is 4.82. The van der Waals surface area contributed by atoms with Gasteiger partial charge in [-0.3, -0.25) is 4.79 Å². The number of aliphatic carboxylic acids is 1. The number of nitrogens with zero attached hydrogens (tertiary/aromatic N) is 1. The highest BCUT2D eigenvalue weighted by atomic mass is 16.4. The standard InChI is InChI=1S/C9H16N2O3/c1-3-6(2)10-9(14)11-4-7(5-11)8(12)13/h6-7H,3-5H2,1-2H3,(H,10,14)(H,12,13)/t6-/m1/s1. The summed E-state index contributed by atoms with van der Waals surface area (Å²) in [5.74, 6) is -1.20. The van der Waals surface area contributed by atoms with Crippen LogP contribution in [0, 0.1) is 5.92 Å². The third kappa shape index (κ3) is 2.37. The second-order valence-corrected chi connectivity index (χ2v) is 3.70. The van der Waals surface area contributed by atoms with Crippen molar-refractivity contribution in [2.45, 2.75) is 26.3 Å². The van der Waals surface area contributed by atoms with Crippen molar-refractivity contribution in [1.82, 2.24) is 10.2 Å². The zero-order chi connectivity index (χ0) is 10.7. The van der Waals surface area contributed by atoms with Crippen LogP contribution in [0.1, 0.15) is 20.3 Å². The molecule has 80 valence electrons. The summed E-state index contributed by atoms with van der Waals surface area (Å²) in [5, 5.41) is 11.4. The molecule has 2 amide bonds. The van der Waals surface area contributed by atoms with Gasteiger partial charge in [0, 0.05) is 19.1 Å². The van der Waals surface area contributed by atoms with Crippen LogP contribution in [0.15, 0.2) is 0 Å². The topological polar surface area (TPSA) is 69.6 Å². The molecular weight excluding hydrogens is 184 g/mol. The zero-order valence-corrected chi connectivity index (χ0v) is 8.49. The molecule has 5 heteroatoms. The van der Waals surface area contributed by atoms with Crippen LogP contribution < -0.4 is 5.32 Å². The van der Waals surface area contributed by atoms with Gasteiger partial charge >= 0.3 is 12.0 Å². The lowest BCUT2D eigenvalue weighted by molar-refractivity contribution is -0.146. The molecule has 0 spiro atoms.